The largest absolute Gasteiger partial charge is 0.573 e. The second kappa shape index (κ2) is 7.62. The van der Waals surface area contributed by atoms with E-state index in [1.165, 1.54) is 12.1 Å². The molecule has 1 aliphatic rings. The number of ether oxygens (including phenoxy) is 1. The molecule has 8 heteroatoms. The molecular weight excluding hydrogens is 381 g/mol. The van der Waals surface area contributed by atoms with Gasteiger partial charge in [-0.1, -0.05) is 24.3 Å². The third-order valence-corrected chi connectivity index (χ3v) is 4.73. The zero-order valence-corrected chi connectivity index (χ0v) is 15.7. The standard InChI is InChI=1S/C21H19F3N4O/c1-15(28-10-2-9-25-28)13-27-14-19-11-17(3-4-18(19)12-26-27)16-5-7-20(8-6-16)29-21(22,23)24/h2-12,15H,13-14H2,1H3. The Labute approximate surface area is 166 Å². The van der Waals surface area contributed by atoms with Gasteiger partial charge < -0.3 is 4.74 Å². The summed E-state index contributed by atoms with van der Waals surface area (Å²) in [6.45, 7) is 3.45. The van der Waals surface area contributed by atoms with Gasteiger partial charge in [0.25, 0.3) is 0 Å². The Morgan fingerprint density at radius 2 is 1.86 bits per heavy atom. The number of halogens is 3. The number of alkyl halides is 3. The van der Waals surface area contributed by atoms with Crippen molar-refractivity contribution < 1.29 is 17.9 Å². The number of benzene rings is 2. The number of hydrogen-bond acceptors (Lipinski definition) is 4. The number of rotatable bonds is 5. The number of nitrogens with zero attached hydrogens (tertiary/aromatic N) is 4. The minimum Gasteiger partial charge on any atom is -0.406 e. The molecule has 29 heavy (non-hydrogen) atoms. The lowest BCUT2D eigenvalue weighted by molar-refractivity contribution is -0.274. The summed E-state index contributed by atoms with van der Waals surface area (Å²) in [6, 6.07) is 13.9. The predicted octanol–water partition coefficient (Wildman–Crippen LogP) is 4.86. The van der Waals surface area contributed by atoms with Gasteiger partial charge >= 0.3 is 6.36 Å². The average Bonchev–Trinajstić information content (AvgIpc) is 3.22. The second-order valence-corrected chi connectivity index (χ2v) is 6.91. The normalized spacial score (nSPS) is 14.6. The minimum atomic E-state index is -4.69. The van der Waals surface area contributed by atoms with E-state index < -0.39 is 6.36 Å². The molecule has 0 N–H and O–H groups in total. The van der Waals surface area contributed by atoms with Crippen LogP contribution in [0, 0.1) is 0 Å². The van der Waals surface area contributed by atoms with Gasteiger partial charge in [0.2, 0.25) is 0 Å². The van der Waals surface area contributed by atoms with Crippen molar-refractivity contribution in [1.29, 1.82) is 0 Å². The van der Waals surface area contributed by atoms with Crippen LogP contribution in [0.5, 0.6) is 5.75 Å². The molecule has 1 aliphatic heterocycles. The van der Waals surface area contributed by atoms with Gasteiger partial charge in [-0.3, -0.25) is 9.69 Å². The van der Waals surface area contributed by atoms with E-state index >= 15 is 0 Å². The van der Waals surface area contributed by atoms with Crippen molar-refractivity contribution in [2.75, 3.05) is 6.54 Å². The van der Waals surface area contributed by atoms with Gasteiger partial charge in [0, 0.05) is 12.4 Å². The fraction of sp³-hybridized carbons (Fsp3) is 0.238. The van der Waals surface area contributed by atoms with Gasteiger partial charge in [-0.15, -0.1) is 13.2 Å². The summed E-state index contributed by atoms with van der Waals surface area (Å²) in [7, 11) is 0. The Bertz CT molecular complexity index is 998. The number of fused-ring (bicyclic) bond motifs is 1. The lowest BCUT2D eigenvalue weighted by Crippen LogP contribution is -2.28. The Morgan fingerprint density at radius 1 is 1.10 bits per heavy atom. The Hall–Kier alpha value is -3.29. The van der Waals surface area contributed by atoms with Crippen LogP contribution >= 0.6 is 0 Å². The predicted molar refractivity (Wildman–Crippen MR) is 104 cm³/mol. The monoisotopic (exact) mass is 400 g/mol. The van der Waals surface area contributed by atoms with Crippen LogP contribution < -0.4 is 4.74 Å². The molecule has 150 valence electrons. The van der Waals surface area contributed by atoms with Crippen molar-refractivity contribution in [1.82, 2.24) is 14.8 Å². The molecule has 0 aliphatic carbocycles. The third kappa shape index (κ3) is 4.59. The Kier molecular flexibility index (Phi) is 5.00. The van der Waals surface area contributed by atoms with Crippen LogP contribution in [0.1, 0.15) is 24.1 Å². The zero-order valence-electron chi connectivity index (χ0n) is 15.7. The topological polar surface area (TPSA) is 42.6 Å². The van der Waals surface area contributed by atoms with Gasteiger partial charge in [-0.25, -0.2) is 0 Å². The second-order valence-electron chi connectivity index (χ2n) is 6.91. The summed E-state index contributed by atoms with van der Waals surface area (Å²) in [5.74, 6) is -0.231. The van der Waals surface area contributed by atoms with Gasteiger partial charge in [-0.05, 0) is 53.4 Å². The van der Waals surface area contributed by atoms with E-state index in [1.54, 1.807) is 18.3 Å². The van der Waals surface area contributed by atoms with Crippen LogP contribution in [-0.2, 0) is 6.54 Å². The first kappa shape index (κ1) is 19.0. The van der Waals surface area contributed by atoms with E-state index in [-0.39, 0.29) is 11.8 Å². The Balaban J connectivity index is 1.48. The lowest BCUT2D eigenvalue weighted by Gasteiger charge is -2.27. The first-order valence-electron chi connectivity index (χ1n) is 9.14. The molecule has 3 aromatic rings. The lowest BCUT2D eigenvalue weighted by atomic mass is 9.98. The summed E-state index contributed by atoms with van der Waals surface area (Å²) in [4.78, 5) is 0. The summed E-state index contributed by atoms with van der Waals surface area (Å²) < 4.78 is 42.8. The van der Waals surface area contributed by atoms with Crippen LogP contribution in [-0.4, -0.2) is 33.9 Å². The maximum absolute atomic E-state index is 12.3. The SMILES string of the molecule is CC(CN1Cc2cc(-c3ccc(OC(F)(F)F)cc3)ccc2C=N1)n1cccn1. The van der Waals surface area contributed by atoms with Crippen molar-refractivity contribution in [3.05, 3.63) is 72.1 Å². The van der Waals surface area contributed by atoms with Gasteiger partial charge in [0.1, 0.15) is 5.75 Å². The molecule has 0 bridgehead atoms. The molecule has 1 atom stereocenters. The van der Waals surface area contributed by atoms with Gasteiger partial charge in [0.05, 0.1) is 25.3 Å². The molecule has 0 amide bonds. The molecule has 2 heterocycles. The van der Waals surface area contributed by atoms with Gasteiger partial charge in [-0.2, -0.15) is 10.2 Å². The smallest absolute Gasteiger partial charge is 0.406 e. The zero-order chi connectivity index (χ0) is 20.4. The molecule has 0 saturated heterocycles. The van der Waals surface area contributed by atoms with Crippen molar-refractivity contribution >= 4 is 6.21 Å². The molecule has 1 aromatic heterocycles. The first-order chi connectivity index (χ1) is 13.9. The van der Waals surface area contributed by atoms with Crippen molar-refractivity contribution in [3.8, 4) is 16.9 Å². The van der Waals surface area contributed by atoms with Crippen LogP contribution in [0.4, 0.5) is 13.2 Å². The molecule has 2 aromatic carbocycles. The summed E-state index contributed by atoms with van der Waals surface area (Å²) in [6.07, 6.45) is 0.821. The van der Waals surface area contributed by atoms with Crippen molar-refractivity contribution in [3.63, 3.8) is 0 Å². The average molecular weight is 400 g/mol. The number of aromatic nitrogens is 2. The number of hydrogen-bond donors (Lipinski definition) is 0. The molecular formula is C21H19F3N4O. The maximum Gasteiger partial charge on any atom is 0.573 e. The summed E-state index contributed by atoms with van der Waals surface area (Å²) in [5, 5.41) is 10.8. The third-order valence-electron chi connectivity index (χ3n) is 4.73. The summed E-state index contributed by atoms with van der Waals surface area (Å²) in [5.41, 5.74) is 3.90. The highest BCUT2D eigenvalue weighted by molar-refractivity contribution is 5.84. The fourth-order valence-corrected chi connectivity index (χ4v) is 3.32. The molecule has 0 saturated carbocycles. The molecule has 1 unspecified atom stereocenters. The molecule has 5 nitrogen and oxygen atoms in total. The van der Waals surface area contributed by atoms with E-state index in [0.717, 1.165) is 22.3 Å². The van der Waals surface area contributed by atoms with Crippen molar-refractivity contribution in [2.45, 2.75) is 25.9 Å². The summed E-state index contributed by atoms with van der Waals surface area (Å²) >= 11 is 0. The molecule has 0 radical (unpaired) electrons. The minimum absolute atomic E-state index is 0.174. The van der Waals surface area contributed by atoms with E-state index in [4.69, 9.17) is 0 Å². The first-order valence-corrected chi connectivity index (χ1v) is 9.14. The number of hydrazone groups is 1. The fourth-order valence-electron chi connectivity index (χ4n) is 3.32. The van der Waals surface area contributed by atoms with Crippen molar-refractivity contribution in [2.24, 2.45) is 5.10 Å². The van der Waals surface area contributed by atoms with Crippen LogP contribution in [0.15, 0.2) is 66.0 Å². The quantitative estimate of drug-likeness (QED) is 0.614. The van der Waals surface area contributed by atoms with Crippen LogP contribution in [0.2, 0.25) is 0 Å². The highest BCUT2D eigenvalue weighted by Gasteiger charge is 2.31. The highest BCUT2D eigenvalue weighted by Crippen LogP contribution is 2.29. The van der Waals surface area contributed by atoms with E-state index in [2.05, 4.69) is 21.9 Å². The van der Waals surface area contributed by atoms with E-state index in [0.29, 0.717) is 13.1 Å². The van der Waals surface area contributed by atoms with Crippen LogP contribution in [0.3, 0.4) is 0 Å². The van der Waals surface area contributed by atoms with Gasteiger partial charge in [0.15, 0.2) is 0 Å². The molecule has 4 rings (SSSR count). The van der Waals surface area contributed by atoms with E-state index in [1.807, 2.05) is 46.4 Å². The highest BCUT2D eigenvalue weighted by atomic mass is 19.4. The molecule has 0 spiro atoms. The molecule has 0 fully saturated rings. The maximum atomic E-state index is 12.3. The van der Waals surface area contributed by atoms with E-state index in [9.17, 15) is 13.2 Å². The van der Waals surface area contributed by atoms with Crippen LogP contribution in [0.25, 0.3) is 11.1 Å². The Morgan fingerprint density at radius 3 is 2.55 bits per heavy atom.